The van der Waals surface area contributed by atoms with E-state index in [1.165, 1.54) is 5.39 Å². The molecule has 1 nitrogen and oxygen atoms in total. The van der Waals surface area contributed by atoms with Crippen LogP contribution in [0.1, 0.15) is 0 Å². The van der Waals surface area contributed by atoms with E-state index in [1.807, 2.05) is 29.6 Å². The van der Waals surface area contributed by atoms with Crippen LogP contribution in [0.5, 0.6) is 0 Å². The fourth-order valence-corrected chi connectivity index (χ4v) is 1.81. The van der Waals surface area contributed by atoms with Crippen LogP contribution in [-0.2, 0) is 0 Å². The minimum absolute atomic E-state index is 0.632. The highest BCUT2D eigenvalue weighted by Crippen LogP contribution is 2.26. The predicted octanol–water partition coefficient (Wildman–Crippen LogP) is 2.82. The summed E-state index contributed by atoms with van der Waals surface area (Å²) in [5.41, 5.74) is 8.12. The van der Waals surface area contributed by atoms with Crippen molar-refractivity contribution in [1.82, 2.24) is 5.73 Å². The number of rotatable bonds is 0. The summed E-state index contributed by atoms with van der Waals surface area (Å²) in [6.45, 7) is 0. The Morgan fingerprint density at radius 2 is 2.10 bits per heavy atom. The van der Waals surface area contributed by atoms with Gasteiger partial charge in [-0.15, -0.1) is 11.3 Å². The topological polar surface area (TPSA) is 23.8 Å². The number of hydrogen-bond acceptors (Lipinski definition) is 1. The summed E-state index contributed by atoms with van der Waals surface area (Å²) in [4.78, 5) is 0. The third-order valence-electron chi connectivity index (χ3n) is 1.48. The Hall–Kier alpha value is -1.02. The van der Waals surface area contributed by atoms with Gasteiger partial charge in [-0.1, -0.05) is 12.1 Å². The van der Waals surface area contributed by atoms with E-state index in [9.17, 15) is 0 Å². The Kier molecular flexibility index (Phi) is 1.14. The molecule has 1 radical (unpaired) electrons. The van der Waals surface area contributed by atoms with E-state index < -0.39 is 0 Å². The largest absolute Gasteiger partial charge is 0.299 e. The fraction of sp³-hybridized carbons (Fsp3) is 0. The Morgan fingerprint density at radius 1 is 1.20 bits per heavy atom. The molecule has 0 atom stereocenters. The number of thiophene rings is 1. The minimum atomic E-state index is 0.632. The summed E-state index contributed by atoms with van der Waals surface area (Å²) in [6, 6.07) is 7.80. The molecule has 2 rings (SSSR count). The first kappa shape index (κ1) is 5.74. The first-order valence-electron chi connectivity index (χ1n) is 3.06. The van der Waals surface area contributed by atoms with Gasteiger partial charge in [0.1, 0.15) is 0 Å². The van der Waals surface area contributed by atoms with Crippen LogP contribution >= 0.6 is 11.3 Å². The van der Waals surface area contributed by atoms with Crippen LogP contribution < -0.4 is 5.73 Å². The lowest BCUT2D eigenvalue weighted by Crippen LogP contribution is -1.66. The molecule has 0 fully saturated rings. The summed E-state index contributed by atoms with van der Waals surface area (Å²) in [5, 5.41) is 3.19. The highest BCUT2D eigenvalue weighted by atomic mass is 32.1. The summed E-state index contributed by atoms with van der Waals surface area (Å²) < 4.78 is 1.09. The molecule has 0 saturated heterocycles. The third-order valence-corrected chi connectivity index (χ3v) is 2.44. The predicted molar refractivity (Wildman–Crippen MR) is 44.6 cm³/mol. The van der Waals surface area contributed by atoms with E-state index >= 15 is 0 Å². The maximum atomic E-state index is 7.49. The van der Waals surface area contributed by atoms with Gasteiger partial charge in [-0.05, 0) is 22.9 Å². The zero-order valence-corrected chi connectivity index (χ0v) is 6.11. The molecule has 1 N–H and O–H groups in total. The van der Waals surface area contributed by atoms with Crippen LogP contribution in [0.4, 0.5) is 5.69 Å². The first-order chi connectivity index (χ1) is 4.88. The molecule has 10 heavy (non-hydrogen) atoms. The smallest absolute Gasteiger partial charge is 0.0718 e. The quantitative estimate of drug-likeness (QED) is 0.548. The van der Waals surface area contributed by atoms with Crippen LogP contribution in [0.15, 0.2) is 29.6 Å². The highest BCUT2D eigenvalue weighted by Gasteiger charge is 1.96. The maximum Gasteiger partial charge on any atom is 0.0718 e. The van der Waals surface area contributed by atoms with Gasteiger partial charge < -0.3 is 0 Å². The van der Waals surface area contributed by atoms with Gasteiger partial charge in [0.15, 0.2) is 0 Å². The van der Waals surface area contributed by atoms with Crippen molar-refractivity contribution < 1.29 is 0 Å². The summed E-state index contributed by atoms with van der Waals surface area (Å²) in [7, 11) is 0. The number of hydrogen-bond donors (Lipinski definition) is 0. The van der Waals surface area contributed by atoms with Crippen LogP contribution in [0.25, 0.3) is 10.1 Å². The summed E-state index contributed by atoms with van der Waals surface area (Å²) in [5.74, 6) is 0. The van der Waals surface area contributed by atoms with Crippen molar-refractivity contribution in [3.05, 3.63) is 29.6 Å². The second-order valence-corrected chi connectivity index (χ2v) is 3.06. The van der Waals surface area contributed by atoms with Crippen molar-refractivity contribution in [1.29, 1.82) is 0 Å². The summed E-state index contributed by atoms with van der Waals surface area (Å²) in [6.07, 6.45) is 0. The lowest BCUT2D eigenvalue weighted by atomic mass is 10.2. The molecule has 1 aromatic carbocycles. The number of benzene rings is 1. The molecule has 0 saturated carbocycles. The van der Waals surface area contributed by atoms with Gasteiger partial charge in [-0.3, -0.25) is 5.73 Å². The average molecular weight is 148 g/mol. The lowest BCUT2D eigenvalue weighted by Gasteiger charge is -1.90. The van der Waals surface area contributed by atoms with Crippen LogP contribution in [-0.4, -0.2) is 0 Å². The van der Waals surface area contributed by atoms with Gasteiger partial charge >= 0.3 is 0 Å². The molecule has 49 valence electrons. The lowest BCUT2D eigenvalue weighted by molar-refractivity contribution is 1.54. The molecule has 2 aromatic rings. The first-order valence-corrected chi connectivity index (χ1v) is 3.94. The van der Waals surface area contributed by atoms with Crippen LogP contribution in [0.2, 0.25) is 0 Å². The zero-order valence-electron chi connectivity index (χ0n) is 5.29. The van der Waals surface area contributed by atoms with E-state index in [0.29, 0.717) is 5.69 Å². The Bertz CT molecular complexity index is 351. The standard InChI is InChI=1S/C8H6NS/c9-7-3-1-2-6-4-5-10-8(6)7/h1-5,9H. The van der Waals surface area contributed by atoms with E-state index in [4.69, 9.17) is 5.73 Å². The van der Waals surface area contributed by atoms with Gasteiger partial charge in [0.2, 0.25) is 0 Å². The molecule has 0 amide bonds. The molecule has 0 aliphatic heterocycles. The van der Waals surface area contributed by atoms with Gasteiger partial charge in [-0.2, -0.15) is 0 Å². The van der Waals surface area contributed by atoms with Gasteiger partial charge in [0.25, 0.3) is 0 Å². The third kappa shape index (κ3) is 0.693. The highest BCUT2D eigenvalue weighted by molar-refractivity contribution is 7.17. The Labute approximate surface area is 63.1 Å². The van der Waals surface area contributed by atoms with Crippen molar-refractivity contribution in [2.75, 3.05) is 0 Å². The van der Waals surface area contributed by atoms with E-state index in [1.54, 1.807) is 11.3 Å². The van der Waals surface area contributed by atoms with Crippen LogP contribution in [0, 0.1) is 0 Å². The van der Waals surface area contributed by atoms with Gasteiger partial charge in [0.05, 0.1) is 10.4 Å². The molecule has 0 spiro atoms. The van der Waals surface area contributed by atoms with Crippen molar-refractivity contribution in [3.63, 3.8) is 0 Å². The van der Waals surface area contributed by atoms with E-state index in [2.05, 4.69) is 0 Å². The van der Waals surface area contributed by atoms with E-state index in [0.717, 1.165) is 4.70 Å². The summed E-state index contributed by atoms with van der Waals surface area (Å²) >= 11 is 1.63. The second kappa shape index (κ2) is 1.99. The minimum Gasteiger partial charge on any atom is -0.299 e. The molecule has 0 unspecified atom stereocenters. The van der Waals surface area contributed by atoms with Gasteiger partial charge in [-0.25, -0.2) is 0 Å². The van der Waals surface area contributed by atoms with Crippen molar-refractivity contribution in [2.45, 2.75) is 0 Å². The van der Waals surface area contributed by atoms with Crippen molar-refractivity contribution in [2.24, 2.45) is 0 Å². The molecule has 0 bridgehead atoms. The number of fused-ring (bicyclic) bond motifs is 1. The molecule has 1 heterocycles. The second-order valence-electron chi connectivity index (χ2n) is 2.14. The van der Waals surface area contributed by atoms with Gasteiger partial charge in [0, 0.05) is 0 Å². The Balaban J connectivity index is 2.95. The molecule has 0 aliphatic rings. The fourth-order valence-electron chi connectivity index (χ4n) is 0.993. The van der Waals surface area contributed by atoms with Crippen molar-refractivity contribution >= 4 is 27.1 Å². The normalized spacial score (nSPS) is 10.4. The molecule has 0 aliphatic carbocycles. The zero-order chi connectivity index (χ0) is 6.97. The molecular weight excluding hydrogens is 142 g/mol. The van der Waals surface area contributed by atoms with Crippen LogP contribution in [0.3, 0.4) is 0 Å². The molecular formula is C8H6NS. The average Bonchev–Trinajstić information content (AvgIpc) is 2.36. The SMILES string of the molecule is [NH]c1cccc2ccsc12. The molecule has 1 aromatic heterocycles. The maximum absolute atomic E-state index is 7.49. The Morgan fingerprint density at radius 3 is 2.90 bits per heavy atom. The monoisotopic (exact) mass is 148 g/mol. The van der Waals surface area contributed by atoms with Crippen molar-refractivity contribution in [3.8, 4) is 0 Å². The van der Waals surface area contributed by atoms with E-state index in [-0.39, 0.29) is 0 Å². The number of nitrogens with one attached hydrogen (secondary N) is 1. The molecule has 2 heteroatoms.